The normalized spacial score (nSPS) is 19.4. The van der Waals surface area contributed by atoms with Gasteiger partial charge in [-0.05, 0) is 43.9 Å². The van der Waals surface area contributed by atoms with Gasteiger partial charge in [-0.15, -0.1) is 0 Å². The fraction of sp³-hybridized carbons (Fsp3) is 0.385. The number of hydrogen-bond acceptors (Lipinski definition) is 7. The van der Waals surface area contributed by atoms with E-state index in [0.29, 0.717) is 40.8 Å². The van der Waals surface area contributed by atoms with E-state index in [-0.39, 0.29) is 41.3 Å². The summed E-state index contributed by atoms with van der Waals surface area (Å²) in [6.45, 7) is 0.803. The minimum atomic E-state index is -0.988. The van der Waals surface area contributed by atoms with E-state index in [1.54, 1.807) is 24.3 Å². The molecule has 1 atom stereocenters. The summed E-state index contributed by atoms with van der Waals surface area (Å²) in [4.78, 5) is 37.7. The number of aliphatic hydroxyl groups is 1. The zero-order valence-electron chi connectivity index (χ0n) is 19.1. The summed E-state index contributed by atoms with van der Waals surface area (Å²) in [5.41, 5.74) is 8.23. The molecule has 1 aromatic carbocycles. The van der Waals surface area contributed by atoms with Crippen molar-refractivity contribution in [1.82, 2.24) is 19.8 Å². The quantitative estimate of drug-likeness (QED) is 0.527. The van der Waals surface area contributed by atoms with Gasteiger partial charge in [-0.2, -0.15) is 0 Å². The first-order valence-corrected chi connectivity index (χ1v) is 12.0. The van der Waals surface area contributed by atoms with Gasteiger partial charge in [0.15, 0.2) is 0 Å². The number of nitrogen functional groups attached to an aromatic ring is 1. The molecule has 2 amide bonds. The second kappa shape index (κ2) is 8.35. The average molecular weight is 476 g/mol. The van der Waals surface area contributed by atoms with Crippen LogP contribution in [0.25, 0.3) is 22.2 Å². The Labute approximate surface area is 201 Å². The van der Waals surface area contributed by atoms with Gasteiger partial charge in [-0.25, -0.2) is 14.4 Å². The number of nitrogens with zero attached hydrogens (tertiary/aromatic N) is 4. The van der Waals surface area contributed by atoms with Crippen molar-refractivity contribution in [3.63, 3.8) is 0 Å². The predicted octanol–water partition coefficient (Wildman–Crippen LogP) is 2.87. The van der Waals surface area contributed by atoms with Crippen molar-refractivity contribution in [2.75, 3.05) is 18.8 Å². The first-order chi connectivity index (χ1) is 16.9. The molecule has 1 saturated heterocycles. The summed E-state index contributed by atoms with van der Waals surface area (Å²) >= 11 is 0. The Kier molecular flexibility index (Phi) is 5.26. The summed E-state index contributed by atoms with van der Waals surface area (Å²) in [5.74, 6) is -0.321. The monoisotopic (exact) mass is 475 g/mol. The van der Waals surface area contributed by atoms with Crippen LogP contribution in [0.2, 0.25) is 0 Å². The minimum absolute atomic E-state index is 0.0275. The van der Waals surface area contributed by atoms with Crippen molar-refractivity contribution < 1.29 is 19.1 Å². The van der Waals surface area contributed by atoms with E-state index >= 15 is 0 Å². The molecule has 3 N–H and O–H groups in total. The summed E-state index contributed by atoms with van der Waals surface area (Å²) in [5, 5.41) is 11.8. The maximum atomic E-state index is 13.7. The third-order valence-electron chi connectivity index (χ3n) is 7.12. The highest BCUT2D eigenvalue weighted by atomic mass is 19.1. The first kappa shape index (κ1) is 22.1. The van der Waals surface area contributed by atoms with E-state index in [2.05, 4.69) is 9.97 Å². The zero-order valence-corrected chi connectivity index (χ0v) is 19.1. The SMILES string of the molecule is Nc1ncc(C(O)N2CC(N(C(=O)C3CC3)C(=O)C3CC3)C2)c2ccc(-c3cccc(F)c3)nc12. The van der Waals surface area contributed by atoms with Crippen molar-refractivity contribution in [2.24, 2.45) is 11.8 Å². The number of imide groups is 1. The van der Waals surface area contributed by atoms with Gasteiger partial charge in [0.1, 0.15) is 23.4 Å². The van der Waals surface area contributed by atoms with Gasteiger partial charge in [-0.1, -0.05) is 18.2 Å². The number of pyridine rings is 2. The number of likely N-dealkylation sites (tertiary alicyclic amines) is 1. The third kappa shape index (κ3) is 4.04. The van der Waals surface area contributed by atoms with Gasteiger partial charge >= 0.3 is 0 Å². The summed E-state index contributed by atoms with van der Waals surface area (Å²) in [6, 6.07) is 9.48. The molecule has 2 aliphatic carbocycles. The number of hydrogen-bond donors (Lipinski definition) is 2. The molecule has 8 nitrogen and oxygen atoms in total. The third-order valence-corrected chi connectivity index (χ3v) is 7.12. The number of rotatable bonds is 6. The average Bonchev–Trinajstić information content (AvgIpc) is 3.73. The smallest absolute Gasteiger partial charge is 0.232 e. The molecule has 1 unspecified atom stereocenters. The molecule has 3 aliphatic rings. The Balaban J connectivity index is 1.24. The lowest BCUT2D eigenvalue weighted by molar-refractivity contribution is -0.158. The van der Waals surface area contributed by atoms with Gasteiger partial charge in [0, 0.05) is 47.6 Å². The van der Waals surface area contributed by atoms with Crippen LogP contribution in [-0.2, 0) is 9.59 Å². The van der Waals surface area contributed by atoms with Crippen molar-refractivity contribution in [2.45, 2.75) is 38.0 Å². The maximum absolute atomic E-state index is 13.7. The number of fused-ring (bicyclic) bond motifs is 1. The number of nitrogens with two attached hydrogens (primary N) is 1. The Morgan fingerprint density at radius 3 is 2.40 bits per heavy atom. The molecule has 180 valence electrons. The second-order valence-corrected chi connectivity index (χ2v) is 9.78. The molecule has 9 heteroatoms. The molecule has 2 aromatic heterocycles. The fourth-order valence-corrected chi connectivity index (χ4v) is 4.74. The molecule has 0 bridgehead atoms. The molecule has 35 heavy (non-hydrogen) atoms. The Hall–Kier alpha value is -3.43. The molecular formula is C26H26FN5O3. The predicted molar refractivity (Wildman–Crippen MR) is 127 cm³/mol. The van der Waals surface area contributed by atoms with Gasteiger partial charge in [0.2, 0.25) is 11.8 Å². The summed E-state index contributed by atoms with van der Waals surface area (Å²) in [7, 11) is 0. The zero-order chi connectivity index (χ0) is 24.3. The number of halogens is 1. The number of carbonyl (C=O) groups is 2. The Morgan fingerprint density at radius 2 is 1.77 bits per heavy atom. The number of benzene rings is 1. The molecule has 3 fully saturated rings. The van der Waals surface area contributed by atoms with E-state index in [4.69, 9.17) is 5.73 Å². The van der Waals surface area contributed by atoms with Crippen LogP contribution in [-0.4, -0.2) is 55.8 Å². The van der Waals surface area contributed by atoms with E-state index in [1.165, 1.54) is 23.2 Å². The topological polar surface area (TPSA) is 113 Å². The highest BCUT2D eigenvalue weighted by Crippen LogP contribution is 2.39. The Morgan fingerprint density at radius 1 is 1.09 bits per heavy atom. The van der Waals surface area contributed by atoms with Crippen molar-refractivity contribution in [3.8, 4) is 11.3 Å². The van der Waals surface area contributed by atoms with Crippen LogP contribution in [0.4, 0.5) is 10.2 Å². The van der Waals surface area contributed by atoms with E-state index < -0.39 is 6.23 Å². The van der Waals surface area contributed by atoms with Crippen molar-refractivity contribution >= 4 is 28.5 Å². The fourth-order valence-electron chi connectivity index (χ4n) is 4.74. The molecule has 1 aliphatic heterocycles. The van der Waals surface area contributed by atoms with Crippen LogP contribution in [0.3, 0.4) is 0 Å². The van der Waals surface area contributed by atoms with Crippen LogP contribution < -0.4 is 5.73 Å². The summed E-state index contributed by atoms with van der Waals surface area (Å²) in [6.07, 6.45) is 3.93. The Bertz CT molecular complexity index is 1310. The van der Waals surface area contributed by atoms with Crippen LogP contribution in [0.5, 0.6) is 0 Å². The number of carbonyl (C=O) groups excluding carboxylic acids is 2. The van der Waals surface area contributed by atoms with Crippen molar-refractivity contribution in [3.05, 3.63) is 54.0 Å². The molecular weight excluding hydrogens is 449 g/mol. The van der Waals surface area contributed by atoms with E-state index in [1.807, 2.05) is 4.90 Å². The van der Waals surface area contributed by atoms with Gasteiger partial charge in [-0.3, -0.25) is 19.4 Å². The summed E-state index contributed by atoms with van der Waals surface area (Å²) < 4.78 is 13.7. The molecule has 6 rings (SSSR count). The van der Waals surface area contributed by atoms with Gasteiger partial charge < -0.3 is 10.8 Å². The van der Waals surface area contributed by atoms with Gasteiger partial charge in [0.25, 0.3) is 0 Å². The maximum Gasteiger partial charge on any atom is 0.232 e. The van der Waals surface area contributed by atoms with Gasteiger partial charge in [0.05, 0.1) is 11.7 Å². The molecule has 3 aromatic rings. The lowest BCUT2D eigenvalue weighted by Gasteiger charge is -2.46. The highest BCUT2D eigenvalue weighted by molar-refractivity contribution is 5.99. The van der Waals surface area contributed by atoms with E-state index in [0.717, 1.165) is 25.7 Å². The van der Waals surface area contributed by atoms with Crippen LogP contribution in [0, 0.1) is 17.7 Å². The molecule has 2 saturated carbocycles. The lowest BCUT2D eigenvalue weighted by atomic mass is 10.0. The van der Waals surface area contributed by atoms with E-state index in [9.17, 15) is 19.1 Å². The number of anilines is 1. The largest absolute Gasteiger partial charge is 0.382 e. The standard InChI is InChI=1S/C26H26FN5O3/c27-17-3-1-2-16(10-17)21-9-8-19-20(11-29-23(28)22(19)30-21)26(35)31-12-18(13-31)32(24(33)14-4-5-14)25(34)15-6-7-15/h1-3,8-11,14-15,18,26,35H,4-7,12-13H2,(H2,28,29). The number of aliphatic hydroxyl groups excluding tert-OH is 1. The number of amides is 2. The number of aromatic nitrogens is 2. The van der Waals surface area contributed by atoms with Crippen LogP contribution in [0.15, 0.2) is 42.6 Å². The second-order valence-electron chi connectivity index (χ2n) is 9.78. The lowest BCUT2D eigenvalue weighted by Crippen LogP contribution is -2.63. The van der Waals surface area contributed by atoms with Crippen LogP contribution in [0.1, 0.15) is 37.5 Å². The molecule has 0 radical (unpaired) electrons. The minimum Gasteiger partial charge on any atom is -0.382 e. The highest BCUT2D eigenvalue weighted by Gasteiger charge is 2.48. The first-order valence-electron chi connectivity index (χ1n) is 12.0. The molecule has 0 spiro atoms. The molecule has 3 heterocycles. The van der Waals surface area contributed by atoms with Crippen molar-refractivity contribution in [1.29, 1.82) is 0 Å². The van der Waals surface area contributed by atoms with Crippen LogP contribution >= 0.6 is 0 Å².